The molecule has 24 heavy (non-hydrogen) atoms. The van der Waals surface area contributed by atoms with Gasteiger partial charge in [-0.25, -0.2) is 4.98 Å². The molecule has 0 aliphatic rings. The molecule has 0 radical (unpaired) electrons. The van der Waals surface area contributed by atoms with Crippen molar-refractivity contribution in [3.05, 3.63) is 41.8 Å². The first kappa shape index (κ1) is 14.6. The summed E-state index contributed by atoms with van der Waals surface area (Å²) in [6.45, 7) is 0. The molecule has 0 spiro atoms. The summed E-state index contributed by atoms with van der Waals surface area (Å²) < 4.78 is 16.0. The smallest absolute Gasteiger partial charge is 0.268 e. The maximum absolute atomic E-state index is 5.40. The van der Waals surface area contributed by atoms with E-state index in [9.17, 15) is 0 Å². The number of aromatic nitrogens is 3. The van der Waals surface area contributed by atoms with Gasteiger partial charge in [0.15, 0.2) is 0 Å². The first-order valence-corrected chi connectivity index (χ1v) is 8.07. The molecule has 0 saturated heterocycles. The van der Waals surface area contributed by atoms with Gasteiger partial charge in [0.25, 0.3) is 5.89 Å². The molecule has 7 heteroatoms. The highest BCUT2D eigenvalue weighted by atomic mass is 32.1. The van der Waals surface area contributed by atoms with E-state index >= 15 is 0 Å². The van der Waals surface area contributed by atoms with Crippen LogP contribution in [0.25, 0.3) is 33.1 Å². The van der Waals surface area contributed by atoms with Gasteiger partial charge in [-0.2, -0.15) is 4.98 Å². The molecule has 4 aromatic rings. The van der Waals surface area contributed by atoms with Crippen LogP contribution in [0.1, 0.15) is 0 Å². The number of hydrogen-bond donors (Lipinski definition) is 0. The molecule has 0 saturated carbocycles. The summed E-state index contributed by atoms with van der Waals surface area (Å²) >= 11 is 1.54. The lowest BCUT2D eigenvalue weighted by atomic mass is 10.1. The molecule has 0 aliphatic carbocycles. The fourth-order valence-electron chi connectivity index (χ4n) is 2.41. The zero-order chi connectivity index (χ0) is 16.5. The number of benzene rings is 1. The summed E-state index contributed by atoms with van der Waals surface area (Å²) in [5.41, 5.74) is 1.48. The average molecular weight is 339 g/mol. The van der Waals surface area contributed by atoms with Crippen molar-refractivity contribution in [3.8, 4) is 33.8 Å². The fourth-order valence-corrected chi connectivity index (χ4v) is 3.06. The lowest BCUT2D eigenvalue weighted by molar-refractivity contribution is 0.399. The van der Waals surface area contributed by atoms with Gasteiger partial charge in [-0.15, -0.1) is 11.3 Å². The van der Waals surface area contributed by atoms with E-state index in [0.717, 1.165) is 21.5 Å². The quantitative estimate of drug-likeness (QED) is 0.559. The van der Waals surface area contributed by atoms with Gasteiger partial charge in [0.2, 0.25) is 11.7 Å². The highest BCUT2D eigenvalue weighted by Crippen LogP contribution is 2.33. The molecular weight excluding hydrogens is 326 g/mol. The fraction of sp³-hybridized carbons (Fsp3) is 0.118. The normalized spacial score (nSPS) is 10.9. The Morgan fingerprint density at radius 3 is 2.71 bits per heavy atom. The monoisotopic (exact) mass is 339 g/mol. The minimum Gasteiger partial charge on any atom is -0.497 e. The Morgan fingerprint density at radius 2 is 1.96 bits per heavy atom. The predicted molar refractivity (Wildman–Crippen MR) is 91.5 cm³/mol. The molecule has 1 aromatic carbocycles. The van der Waals surface area contributed by atoms with Crippen LogP contribution in [0.4, 0.5) is 0 Å². The zero-order valence-electron chi connectivity index (χ0n) is 13.0. The van der Waals surface area contributed by atoms with Gasteiger partial charge in [-0.1, -0.05) is 11.2 Å². The molecule has 0 bridgehead atoms. The van der Waals surface area contributed by atoms with Crippen LogP contribution in [-0.2, 0) is 0 Å². The summed E-state index contributed by atoms with van der Waals surface area (Å²) in [5.74, 6) is 2.12. The summed E-state index contributed by atoms with van der Waals surface area (Å²) in [6.07, 6.45) is 0. The van der Waals surface area contributed by atoms with Crippen LogP contribution >= 0.6 is 11.3 Å². The summed E-state index contributed by atoms with van der Waals surface area (Å²) in [4.78, 5) is 9.90. The molecular formula is C17H13N3O3S. The molecule has 0 fully saturated rings. The molecule has 4 rings (SSSR count). The Labute approximate surface area is 141 Å². The molecule has 0 unspecified atom stereocenters. The van der Waals surface area contributed by atoms with E-state index in [-0.39, 0.29) is 0 Å². The van der Waals surface area contributed by atoms with Gasteiger partial charge in [0, 0.05) is 5.39 Å². The van der Waals surface area contributed by atoms with Crippen LogP contribution < -0.4 is 9.47 Å². The van der Waals surface area contributed by atoms with Crippen molar-refractivity contribution in [1.82, 2.24) is 15.1 Å². The van der Waals surface area contributed by atoms with Crippen LogP contribution in [-0.4, -0.2) is 29.3 Å². The highest BCUT2D eigenvalue weighted by molar-refractivity contribution is 7.13. The van der Waals surface area contributed by atoms with Crippen LogP contribution in [0.5, 0.6) is 11.6 Å². The minimum atomic E-state index is 0.437. The van der Waals surface area contributed by atoms with E-state index in [0.29, 0.717) is 23.2 Å². The minimum absolute atomic E-state index is 0.437. The lowest BCUT2D eigenvalue weighted by Gasteiger charge is -2.07. The number of ether oxygens (including phenoxy) is 2. The molecule has 0 atom stereocenters. The van der Waals surface area contributed by atoms with E-state index in [2.05, 4.69) is 15.1 Å². The third kappa shape index (κ3) is 2.48. The molecule has 6 nitrogen and oxygen atoms in total. The molecule has 0 aliphatic heterocycles. The van der Waals surface area contributed by atoms with Crippen LogP contribution in [0, 0.1) is 0 Å². The van der Waals surface area contributed by atoms with Gasteiger partial charge >= 0.3 is 0 Å². The van der Waals surface area contributed by atoms with Crippen molar-refractivity contribution in [2.45, 2.75) is 0 Å². The topological polar surface area (TPSA) is 70.3 Å². The molecule has 0 amide bonds. The highest BCUT2D eigenvalue weighted by Gasteiger charge is 2.17. The van der Waals surface area contributed by atoms with Crippen molar-refractivity contribution in [2.24, 2.45) is 0 Å². The first-order chi connectivity index (χ1) is 11.8. The SMILES string of the molecule is COc1ccc2nc(OC)c(-c3noc(-c4cccs4)n3)cc2c1. The number of rotatable bonds is 4. The number of hydrogen-bond acceptors (Lipinski definition) is 7. The van der Waals surface area contributed by atoms with E-state index in [1.807, 2.05) is 41.8 Å². The summed E-state index contributed by atoms with van der Waals surface area (Å²) in [5, 5.41) is 6.94. The van der Waals surface area contributed by atoms with Crippen LogP contribution in [0.15, 0.2) is 46.3 Å². The van der Waals surface area contributed by atoms with E-state index in [1.165, 1.54) is 0 Å². The Bertz CT molecular complexity index is 996. The molecule has 3 aromatic heterocycles. The molecule has 120 valence electrons. The summed E-state index contributed by atoms with van der Waals surface area (Å²) in [7, 11) is 3.20. The van der Waals surface area contributed by atoms with Crippen molar-refractivity contribution in [1.29, 1.82) is 0 Å². The Morgan fingerprint density at radius 1 is 1.04 bits per heavy atom. The van der Waals surface area contributed by atoms with Gasteiger partial charge in [0.1, 0.15) is 5.75 Å². The maximum atomic E-state index is 5.40. The van der Waals surface area contributed by atoms with Crippen molar-refractivity contribution >= 4 is 22.2 Å². The van der Waals surface area contributed by atoms with Gasteiger partial charge < -0.3 is 14.0 Å². The molecule has 3 heterocycles. The van der Waals surface area contributed by atoms with Crippen molar-refractivity contribution < 1.29 is 14.0 Å². The second-order valence-corrected chi connectivity index (χ2v) is 5.95. The van der Waals surface area contributed by atoms with Crippen molar-refractivity contribution in [3.63, 3.8) is 0 Å². The Hall–Kier alpha value is -2.93. The Balaban J connectivity index is 1.85. The second kappa shape index (κ2) is 5.93. The van der Waals surface area contributed by atoms with Gasteiger partial charge in [0.05, 0.1) is 30.2 Å². The predicted octanol–water partition coefficient (Wildman–Crippen LogP) is 4.03. The average Bonchev–Trinajstić information content (AvgIpc) is 3.31. The van der Waals surface area contributed by atoms with E-state index in [4.69, 9.17) is 14.0 Å². The summed E-state index contributed by atoms with van der Waals surface area (Å²) in [6, 6.07) is 11.4. The van der Waals surface area contributed by atoms with Gasteiger partial charge in [-0.3, -0.25) is 0 Å². The number of nitrogens with zero attached hydrogens (tertiary/aromatic N) is 3. The number of pyridine rings is 1. The van der Waals surface area contributed by atoms with Crippen LogP contribution in [0.3, 0.4) is 0 Å². The van der Waals surface area contributed by atoms with E-state index in [1.54, 1.807) is 25.6 Å². The zero-order valence-corrected chi connectivity index (χ0v) is 13.8. The standard InChI is InChI=1S/C17H13N3O3S/c1-21-11-5-6-13-10(8-11)9-12(16(18-13)22-2)15-19-17(23-20-15)14-4-3-7-24-14/h3-9H,1-2H3. The number of fused-ring (bicyclic) bond motifs is 1. The maximum Gasteiger partial charge on any atom is 0.268 e. The first-order valence-electron chi connectivity index (χ1n) is 7.19. The second-order valence-electron chi connectivity index (χ2n) is 5.00. The number of thiophene rings is 1. The largest absolute Gasteiger partial charge is 0.497 e. The third-order valence-corrected chi connectivity index (χ3v) is 4.44. The van der Waals surface area contributed by atoms with E-state index < -0.39 is 0 Å². The number of methoxy groups -OCH3 is 2. The van der Waals surface area contributed by atoms with Crippen LogP contribution in [0.2, 0.25) is 0 Å². The lowest BCUT2D eigenvalue weighted by Crippen LogP contribution is -1.94. The van der Waals surface area contributed by atoms with Gasteiger partial charge in [-0.05, 0) is 35.7 Å². The third-order valence-electron chi connectivity index (χ3n) is 3.58. The Kier molecular flexibility index (Phi) is 3.62. The van der Waals surface area contributed by atoms with Crippen molar-refractivity contribution in [2.75, 3.05) is 14.2 Å². The molecule has 0 N–H and O–H groups in total.